The van der Waals surface area contributed by atoms with E-state index in [2.05, 4.69) is 18.7 Å². The van der Waals surface area contributed by atoms with Crippen molar-refractivity contribution in [3.63, 3.8) is 0 Å². The third-order valence-corrected chi connectivity index (χ3v) is 0.782. The van der Waals surface area contributed by atoms with Gasteiger partial charge in [-0.15, -0.1) is 6.54 Å². The van der Waals surface area contributed by atoms with Crippen LogP contribution in [0.1, 0.15) is 0 Å². The number of rotatable bonds is 0. The Balaban J connectivity index is 0. The molecule has 0 aliphatic carbocycles. The predicted molar refractivity (Wildman–Crippen MR) is 21.4 cm³/mol. The van der Waals surface area contributed by atoms with Crippen LogP contribution >= 0.6 is 0 Å². The van der Waals surface area contributed by atoms with E-state index < -0.39 is 0 Å². The van der Waals surface area contributed by atoms with Crippen LogP contribution < -0.4 is 5.32 Å². The van der Waals surface area contributed by atoms with Crippen LogP contribution in [-0.2, 0) is 65.4 Å². The fourth-order valence-electron chi connectivity index (χ4n) is 0.285. The standard InChI is InChI=1S/C4H7N.2Y/c1-4-2-3-5-4;;/h2,4-5H,1,3H2;;/q-2;;. The first-order valence-electron chi connectivity index (χ1n) is 1.79. The van der Waals surface area contributed by atoms with Crippen LogP contribution in [0.15, 0.2) is 0 Å². The van der Waals surface area contributed by atoms with Gasteiger partial charge in [0.05, 0.1) is 0 Å². The van der Waals surface area contributed by atoms with Crippen LogP contribution in [0.25, 0.3) is 0 Å². The average molecular weight is 247 g/mol. The maximum absolute atomic E-state index is 3.68. The summed E-state index contributed by atoms with van der Waals surface area (Å²) < 4.78 is 0. The van der Waals surface area contributed by atoms with E-state index in [1.807, 2.05) is 0 Å². The van der Waals surface area contributed by atoms with Gasteiger partial charge in [0, 0.05) is 65.4 Å². The van der Waals surface area contributed by atoms with Crippen molar-refractivity contribution in [3.8, 4) is 0 Å². The van der Waals surface area contributed by atoms with Gasteiger partial charge in [0.25, 0.3) is 0 Å². The first kappa shape index (κ1) is 11.9. The zero-order chi connectivity index (χ0) is 3.70. The van der Waals surface area contributed by atoms with E-state index in [1.54, 1.807) is 0 Å². The molecule has 1 heterocycles. The Morgan fingerprint density at radius 1 is 1.57 bits per heavy atom. The molecule has 0 aromatic rings. The van der Waals surface area contributed by atoms with E-state index >= 15 is 0 Å². The van der Waals surface area contributed by atoms with Crippen LogP contribution in [0.2, 0.25) is 0 Å². The summed E-state index contributed by atoms with van der Waals surface area (Å²) in [6.07, 6.45) is 2.12. The third-order valence-electron chi connectivity index (χ3n) is 0.782. The van der Waals surface area contributed by atoms with Gasteiger partial charge < -0.3 is 18.7 Å². The summed E-state index contributed by atoms with van der Waals surface area (Å²) in [5, 5.41) is 3.04. The monoisotopic (exact) mass is 247 g/mol. The van der Waals surface area contributed by atoms with Crippen molar-refractivity contribution in [1.82, 2.24) is 5.32 Å². The van der Waals surface area contributed by atoms with Gasteiger partial charge in [-0.1, -0.05) is 0 Å². The van der Waals surface area contributed by atoms with Gasteiger partial charge in [0.2, 0.25) is 0 Å². The molecular formula is C4H7NY2-2. The van der Waals surface area contributed by atoms with Crippen molar-refractivity contribution in [3.05, 3.63) is 13.3 Å². The minimum atomic E-state index is 0. The van der Waals surface area contributed by atoms with Crippen LogP contribution in [0.3, 0.4) is 0 Å². The van der Waals surface area contributed by atoms with E-state index in [1.165, 1.54) is 0 Å². The molecule has 0 spiro atoms. The Bertz CT molecular complexity index is 36.7. The molecule has 1 aliphatic rings. The zero-order valence-electron chi connectivity index (χ0n) is 4.22. The zero-order valence-corrected chi connectivity index (χ0v) is 9.90. The molecule has 0 aromatic carbocycles. The Labute approximate surface area is 95.1 Å². The second-order valence-electron chi connectivity index (χ2n) is 1.25. The fourth-order valence-corrected chi connectivity index (χ4v) is 0.285. The van der Waals surface area contributed by atoms with Gasteiger partial charge in [-0.25, -0.2) is 0 Å². The maximum atomic E-state index is 3.68. The molecule has 1 fully saturated rings. The van der Waals surface area contributed by atoms with E-state index in [0.717, 1.165) is 6.54 Å². The van der Waals surface area contributed by atoms with Crippen molar-refractivity contribution in [2.24, 2.45) is 0 Å². The number of hydrogen-bond donors (Lipinski definition) is 1. The Morgan fingerprint density at radius 3 is 1.86 bits per heavy atom. The van der Waals surface area contributed by atoms with Crippen LogP contribution in [0, 0.1) is 13.3 Å². The van der Waals surface area contributed by atoms with Crippen LogP contribution in [0.5, 0.6) is 0 Å². The van der Waals surface area contributed by atoms with Crippen molar-refractivity contribution in [2.75, 3.05) is 6.54 Å². The van der Waals surface area contributed by atoms with Gasteiger partial charge in [-0.2, -0.15) is 0 Å². The van der Waals surface area contributed by atoms with Gasteiger partial charge in [-0.05, 0) is 0 Å². The summed E-state index contributed by atoms with van der Waals surface area (Å²) in [5.41, 5.74) is 0. The van der Waals surface area contributed by atoms with E-state index in [-0.39, 0.29) is 65.4 Å². The van der Waals surface area contributed by atoms with Crippen molar-refractivity contribution in [2.45, 2.75) is 6.04 Å². The Hall–Kier alpha value is 2.17. The van der Waals surface area contributed by atoms with Crippen LogP contribution in [0.4, 0.5) is 0 Å². The molecule has 2 radical (unpaired) electrons. The molecular weight excluding hydrogens is 240 g/mol. The maximum Gasteiger partial charge on any atom is 0 e. The van der Waals surface area contributed by atoms with Crippen molar-refractivity contribution >= 4 is 0 Å². The normalized spacial score (nSPS) is 26.1. The van der Waals surface area contributed by atoms with E-state index in [9.17, 15) is 0 Å². The van der Waals surface area contributed by atoms with E-state index in [0.29, 0.717) is 6.04 Å². The smallest absolute Gasteiger partial charge is 0 e. The minimum Gasteiger partial charge on any atom is -0.401 e. The fraction of sp³-hybridized carbons (Fsp3) is 0.500. The van der Waals surface area contributed by atoms with Gasteiger partial charge >= 0.3 is 0 Å². The van der Waals surface area contributed by atoms with Gasteiger partial charge in [-0.3, -0.25) is 6.04 Å². The number of nitrogens with one attached hydrogen (secondary N) is 1. The van der Waals surface area contributed by atoms with Crippen LogP contribution in [-0.4, -0.2) is 12.6 Å². The molecule has 0 saturated carbocycles. The van der Waals surface area contributed by atoms with E-state index in [4.69, 9.17) is 0 Å². The average Bonchev–Trinajstić information content (AvgIpc) is 1.30. The quantitative estimate of drug-likeness (QED) is 0.594. The molecule has 0 amide bonds. The van der Waals surface area contributed by atoms with Gasteiger partial charge in [0.1, 0.15) is 0 Å². The molecule has 1 nitrogen and oxygen atoms in total. The predicted octanol–water partition coefficient (Wildman–Crippen LogP) is -0.00842. The summed E-state index contributed by atoms with van der Waals surface area (Å²) in [4.78, 5) is 0. The molecule has 0 bridgehead atoms. The summed E-state index contributed by atoms with van der Waals surface area (Å²) >= 11 is 0. The first-order valence-corrected chi connectivity index (χ1v) is 1.79. The third kappa shape index (κ3) is 4.66. The molecule has 1 atom stereocenters. The van der Waals surface area contributed by atoms with Crippen molar-refractivity contribution in [1.29, 1.82) is 0 Å². The summed E-state index contributed by atoms with van der Waals surface area (Å²) in [5.74, 6) is 0. The molecule has 7 heavy (non-hydrogen) atoms. The minimum absolute atomic E-state index is 0. The SMILES string of the molecule is [CH2-]C1[CH-]CN1.[Y].[Y]. The number of hydrogen-bond acceptors (Lipinski definition) is 1. The topological polar surface area (TPSA) is 12.0 Å². The molecule has 1 unspecified atom stereocenters. The summed E-state index contributed by atoms with van der Waals surface area (Å²) in [7, 11) is 0. The molecule has 1 saturated heterocycles. The molecule has 36 valence electrons. The second kappa shape index (κ2) is 6.29. The van der Waals surface area contributed by atoms with Gasteiger partial charge in [0.15, 0.2) is 0 Å². The Kier molecular flexibility index (Phi) is 10.7. The second-order valence-corrected chi connectivity index (χ2v) is 1.25. The Morgan fingerprint density at radius 2 is 1.86 bits per heavy atom. The summed E-state index contributed by atoms with van der Waals surface area (Å²) in [6, 6.07) is 0.440. The molecule has 0 aromatic heterocycles. The molecule has 1 N–H and O–H groups in total. The first-order chi connectivity index (χ1) is 2.39. The largest absolute Gasteiger partial charge is 0.401 e. The van der Waals surface area contributed by atoms with Crippen molar-refractivity contribution < 1.29 is 65.4 Å². The molecule has 3 heteroatoms. The molecule has 1 aliphatic heterocycles. The summed E-state index contributed by atoms with van der Waals surface area (Å²) in [6.45, 7) is 4.73. The molecule has 1 rings (SSSR count).